The smallest absolute Gasteiger partial charge is 0.317 e. The van der Waals surface area contributed by atoms with Crippen molar-refractivity contribution in [3.63, 3.8) is 0 Å². The number of carboxylic acid groups (broad SMARTS) is 1. The summed E-state index contributed by atoms with van der Waals surface area (Å²) in [6.07, 6.45) is 1.16. The van der Waals surface area contributed by atoms with E-state index in [0.29, 0.717) is 25.9 Å². The Labute approximate surface area is 109 Å². The van der Waals surface area contributed by atoms with Gasteiger partial charge in [-0.2, -0.15) is 0 Å². The Kier molecular flexibility index (Phi) is 8.32. The predicted molar refractivity (Wildman–Crippen MR) is 70.6 cm³/mol. The minimum Gasteiger partial charge on any atom is -0.480 e. The highest BCUT2D eigenvalue weighted by Crippen LogP contribution is 1.98. The maximum Gasteiger partial charge on any atom is 0.317 e. The fourth-order valence-corrected chi connectivity index (χ4v) is 1.48. The number of aliphatic carboxylic acids is 1. The van der Waals surface area contributed by atoms with E-state index in [4.69, 9.17) is 5.11 Å². The van der Waals surface area contributed by atoms with Gasteiger partial charge in [-0.25, -0.2) is 0 Å². The first-order valence-electron chi connectivity index (χ1n) is 6.12. The van der Waals surface area contributed by atoms with Gasteiger partial charge in [-0.05, 0) is 27.1 Å². The van der Waals surface area contributed by atoms with Crippen molar-refractivity contribution in [2.45, 2.75) is 12.8 Å². The van der Waals surface area contributed by atoms with Gasteiger partial charge < -0.3 is 14.9 Å². The third-order valence-electron chi connectivity index (χ3n) is 2.59. The number of carbonyl (C=O) groups is 2. The molecule has 0 aliphatic heterocycles. The van der Waals surface area contributed by atoms with Gasteiger partial charge in [0, 0.05) is 33.6 Å². The molecule has 0 bridgehead atoms. The fraction of sp³-hybridized carbons (Fsp3) is 0.833. The monoisotopic (exact) mass is 259 g/mol. The largest absolute Gasteiger partial charge is 0.480 e. The minimum absolute atomic E-state index is 0.0317. The highest BCUT2D eigenvalue weighted by molar-refractivity contribution is 5.75. The van der Waals surface area contributed by atoms with Crippen LogP contribution >= 0.6 is 0 Å². The van der Waals surface area contributed by atoms with E-state index in [2.05, 4.69) is 0 Å². The molecule has 1 N–H and O–H groups in total. The van der Waals surface area contributed by atoms with Crippen LogP contribution < -0.4 is 0 Å². The van der Waals surface area contributed by atoms with Gasteiger partial charge >= 0.3 is 5.97 Å². The number of likely N-dealkylation sites (N-methyl/N-ethyl adjacent to an activating group) is 1. The molecule has 0 unspecified atom stereocenters. The van der Waals surface area contributed by atoms with Crippen LogP contribution in [0.1, 0.15) is 12.8 Å². The molecule has 0 rings (SSSR count). The molecule has 0 aromatic rings. The molecule has 0 aromatic heterocycles. The molecule has 0 spiro atoms. The lowest BCUT2D eigenvalue weighted by Gasteiger charge is -2.22. The van der Waals surface area contributed by atoms with Crippen LogP contribution in [0.4, 0.5) is 0 Å². The summed E-state index contributed by atoms with van der Waals surface area (Å²) in [5.74, 6) is -0.745. The zero-order chi connectivity index (χ0) is 14.1. The number of rotatable bonds is 9. The second kappa shape index (κ2) is 8.88. The second-order valence-electron chi connectivity index (χ2n) is 4.86. The fourth-order valence-electron chi connectivity index (χ4n) is 1.48. The lowest BCUT2D eigenvalue weighted by molar-refractivity contribution is -0.138. The van der Waals surface area contributed by atoms with Gasteiger partial charge in [0.05, 0.1) is 6.54 Å². The summed E-state index contributed by atoms with van der Waals surface area (Å²) in [6, 6.07) is 0. The summed E-state index contributed by atoms with van der Waals surface area (Å²) in [5.41, 5.74) is 0. The molecule has 0 saturated carbocycles. The molecule has 18 heavy (non-hydrogen) atoms. The van der Waals surface area contributed by atoms with Crippen LogP contribution in [0.25, 0.3) is 0 Å². The molecule has 0 fully saturated rings. The number of hydrogen-bond acceptors (Lipinski definition) is 4. The van der Waals surface area contributed by atoms with E-state index in [9.17, 15) is 9.59 Å². The Morgan fingerprint density at radius 1 is 1.00 bits per heavy atom. The van der Waals surface area contributed by atoms with E-state index in [0.717, 1.165) is 6.54 Å². The lowest BCUT2D eigenvalue weighted by atomic mass is 10.2. The molecule has 6 heteroatoms. The van der Waals surface area contributed by atoms with Crippen molar-refractivity contribution in [1.29, 1.82) is 0 Å². The van der Waals surface area contributed by atoms with Crippen molar-refractivity contribution in [2.24, 2.45) is 0 Å². The van der Waals surface area contributed by atoms with Gasteiger partial charge in [0.25, 0.3) is 0 Å². The standard InChI is InChI=1S/C12H25N3O3/c1-13(2)8-9-15(10-12(17)18)7-5-6-11(16)14(3)4/h5-10H2,1-4H3,(H,17,18). The van der Waals surface area contributed by atoms with Gasteiger partial charge in [0.15, 0.2) is 0 Å². The third-order valence-corrected chi connectivity index (χ3v) is 2.59. The summed E-state index contributed by atoms with van der Waals surface area (Å²) in [6.45, 7) is 2.19. The normalized spacial score (nSPS) is 11.0. The first-order valence-corrected chi connectivity index (χ1v) is 6.12. The number of nitrogens with zero attached hydrogens (tertiary/aromatic N) is 3. The van der Waals surface area contributed by atoms with Gasteiger partial charge in [-0.1, -0.05) is 0 Å². The molecule has 6 nitrogen and oxygen atoms in total. The van der Waals surface area contributed by atoms with E-state index in [1.807, 2.05) is 23.9 Å². The Morgan fingerprint density at radius 3 is 2.06 bits per heavy atom. The Hall–Kier alpha value is -1.14. The first-order chi connectivity index (χ1) is 8.32. The molecule has 0 radical (unpaired) electrons. The lowest BCUT2D eigenvalue weighted by Crippen LogP contribution is -2.36. The molecular weight excluding hydrogens is 234 g/mol. The van der Waals surface area contributed by atoms with E-state index in [1.165, 1.54) is 0 Å². The zero-order valence-electron chi connectivity index (χ0n) is 11.8. The van der Waals surface area contributed by atoms with Crippen LogP contribution in [0.5, 0.6) is 0 Å². The van der Waals surface area contributed by atoms with Crippen molar-refractivity contribution in [3.05, 3.63) is 0 Å². The quantitative estimate of drug-likeness (QED) is 0.621. The average molecular weight is 259 g/mol. The van der Waals surface area contributed by atoms with Gasteiger partial charge in [-0.15, -0.1) is 0 Å². The minimum atomic E-state index is -0.826. The zero-order valence-corrected chi connectivity index (χ0v) is 11.8. The number of carboxylic acids is 1. The van der Waals surface area contributed by atoms with Crippen molar-refractivity contribution < 1.29 is 14.7 Å². The van der Waals surface area contributed by atoms with Crippen LogP contribution in [0, 0.1) is 0 Å². The SMILES string of the molecule is CN(C)CCN(CCCC(=O)N(C)C)CC(=O)O. The third kappa shape index (κ3) is 8.95. The maximum atomic E-state index is 11.4. The van der Waals surface area contributed by atoms with Crippen LogP contribution in [0.15, 0.2) is 0 Å². The van der Waals surface area contributed by atoms with E-state index >= 15 is 0 Å². The first kappa shape index (κ1) is 16.9. The summed E-state index contributed by atoms with van der Waals surface area (Å²) < 4.78 is 0. The number of amides is 1. The van der Waals surface area contributed by atoms with Gasteiger partial charge in [-0.3, -0.25) is 14.5 Å². The molecule has 106 valence electrons. The summed E-state index contributed by atoms with van der Waals surface area (Å²) >= 11 is 0. The molecule has 0 aromatic carbocycles. The van der Waals surface area contributed by atoms with Crippen molar-refractivity contribution >= 4 is 11.9 Å². The van der Waals surface area contributed by atoms with Crippen LogP contribution in [0.2, 0.25) is 0 Å². The summed E-state index contributed by atoms with van der Waals surface area (Å²) in [7, 11) is 7.36. The summed E-state index contributed by atoms with van der Waals surface area (Å²) in [4.78, 5) is 27.6. The molecule has 0 aliphatic carbocycles. The topological polar surface area (TPSA) is 64.1 Å². The molecule has 0 aliphatic rings. The molecule has 1 amide bonds. The van der Waals surface area contributed by atoms with Crippen LogP contribution in [-0.2, 0) is 9.59 Å². The molecule has 0 atom stereocenters. The Morgan fingerprint density at radius 2 is 1.61 bits per heavy atom. The van der Waals surface area contributed by atoms with E-state index in [1.54, 1.807) is 19.0 Å². The summed E-state index contributed by atoms with van der Waals surface area (Å²) in [5, 5.41) is 8.82. The number of carbonyl (C=O) groups excluding carboxylic acids is 1. The van der Waals surface area contributed by atoms with Crippen molar-refractivity contribution in [3.8, 4) is 0 Å². The van der Waals surface area contributed by atoms with Crippen LogP contribution in [-0.4, -0.2) is 86.1 Å². The number of hydrogen-bond donors (Lipinski definition) is 1. The predicted octanol–water partition coefficient (Wildman–Crippen LogP) is -0.197. The van der Waals surface area contributed by atoms with E-state index < -0.39 is 5.97 Å². The Balaban J connectivity index is 4.00. The maximum absolute atomic E-state index is 11.4. The second-order valence-corrected chi connectivity index (χ2v) is 4.86. The molecule has 0 heterocycles. The Bertz CT molecular complexity index is 267. The van der Waals surface area contributed by atoms with Gasteiger partial charge in [0.1, 0.15) is 0 Å². The van der Waals surface area contributed by atoms with Crippen LogP contribution in [0.3, 0.4) is 0 Å². The van der Waals surface area contributed by atoms with Crippen molar-refractivity contribution in [2.75, 3.05) is 54.4 Å². The molecular formula is C12H25N3O3. The van der Waals surface area contributed by atoms with Crippen molar-refractivity contribution in [1.82, 2.24) is 14.7 Å². The van der Waals surface area contributed by atoms with E-state index in [-0.39, 0.29) is 12.5 Å². The highest BCUT2D eigenvalue weighted by atomic mass is 16.4. The highest BCUT2D eigenvalue weighted by Gasteiger charge is 2.11. The molecule has 0 saturated heterocycles. The average Bonchev–Trinajstić information content (AvgIpc) is 2.24. The van der Waals surface area contributed by atoms with Gasteiger partial charge in [0.2, 0.25) is 5.91 Å².